The first kappa shape index (κ1) is 13.1. The first-order valence-corrected chi connectivity index (χ1v) is 5.97. The molecule has 2 rings (SSSR count). The molecule has 1 N–H and O–H groups in total. The van der Waals surface area contributed by atoms with Crippen LogP contribution in [0.1, 0.15) is 34.9 Å². The second-order valence-corrected chi connectivity index (χ2v) is 4.19. The van der Waals surface area contributed by atoms with Crippen molar-refractivity contribution in [2.24, 2.45) is 0 Å². The van der Waals surface area contributed by atoms with Gasteiger partial charge in [0.25, 0.3) is 5.91 Å². The van der Waals surface area contributed by atoms with Crippen molar-refractivity contribution >= 4 is 5.91 Å². The third-order valence-electron chi connectivity index (χ3n) is 2.80. The summed E-state index contributed by atoms with van der Waals surface area (Å²) in [7, 11) is 1.61. The number of benzene rings is 1. The fraction of sp³-hybridized carbons (Fsp3) is 0.286. The number of methoxy groups -OCH3 is 1. The van der Waals surface area contributed by atoms with Crippen LogP contribution >= 0.6 is 0 Å². The molecule has 0 radical (unpaired) electrons. The van der Waals surface area contributed by atoms with Crippen molar-refractivity contribution in [3.63, 3.8) is 0 Å². The lowest BCUT2D eigenvalue weighted by molar-refractivity contribution is 0.0934. The quantitative estimate of drug-likeness (QED) is 0.917. The standard InChI is InChI=1S/C14H16N2O3/c1-9(11-6-4-5-7-13(11)18-3)15-14(17)12-8-19-10(2)16-12/h4-9H,1-3H3,(H,15,17)/t9-/m1/s1. The van der Waals surface area contributed by atoms with Crippen LogP contribution in [0.2, 0.25) is 0 Å². The zero-order valence-electron chi connectivity index (χ0n) is 11.1. The fourth-order valence-corrected chi connectivity index (χ4v) is 1.84. The molecule has 0 fully saturated rings. The van der Waals surface area contributed by atoms with Crippen molar-refractivity contribution in [1.29, 1.82) is 0 Å². The number of nitrogens with one attached hydrogen (secondary N) is 1. The van der Waals surface area contributed by atoms with Gasteiger partial charge in [0, 0.05) is 12.5 Å². The minimum Gasteiger partial charge on any atom is -0.496 e. The van der Waals surface area contributed by atoms with Gasteiger partial charge in [0.15, 0.2) is 11.6 Å². The molecule has 1 aromatic heterocycles. The van der Waals surface area contributed by atoms with Crippen molar-refractivity contribution in [3.8, 4) is 5.75 Å². The van der Waals surface area contributed by atoms with Crippen molar-refractivity contribution in [2.45, 2.75) is 19.9 Å². The Hall–Kier alpha value is -2.30. The highest BCUT2D eigenvalue weighted by Gasteiger charge is 2.16. The number of rotatable bonds is 4. The summed E-state index contributed by atoms with van der Waals surface area (Å²) in [5.41, 5.74) is 1.19. The predicted molar refractivity (Wildman–Crippen MR) is 70.1 cm³/mol. The van der Waals surface area contributed by atoms with Gasteiger partial charge in [-0.1, -0.05) is 18.2 Å². The summed E-state index contributed by atoms with van der Waals surface area (Å²) in [6, 6.07) is 7.38. The van der Waals surface area contributed by atoms with E-state index >= 15 is 0 Å². The summed E-state index contributed by atoms with van der Waals surface area (Å²) in [5, 5.41) is 2.86. The molecule has 0 bridgehead atoms. The highest BCUT2D eigenvalue weighted by molar-refractivity contribution is 5.92. The Morgan fingerprint density at radius 2 is 2.16 bits per heavy atom. The maximum Gasteiger partial charge on any atom is 0.273 e. The number of nitrogens with zero attached hydrogens (tertiary/aromatic N) is 1. The van der Waals surface area contributed by atoms with Gasteiger partial charge in [-0.3, -0.25) is 4.79 Å². The SMILES string of the molecule is COc1ccccc1[C@@H](C)NC(=O)c1coc(C)n1. The first-order chi connectivity index (χ1) is 9.11. The maximum absolute atomic E-state index is 12.0. The van der Waals surface area contributed by atoms with Crippen molar-refractivity contribution in [2.75, 3.05) is 7.11 Å². The van der Waals surface area contributed by atoms with Gasteiger partial charge >= 0.3 is 0 Å². The van der Waals surface area contributed by atoms with E-state index in [2.05, 4.69) is 10.3 Å². The van der Waals surface area contributed by atoms with E-state index in [9.17, 15) is 4.79 Å². The molecule has 0 saturated carbocycles. The van der Waals surface area contributed by atoms with E-state index in [-0.39, 0.29) is 17.6 Å². The average molecular weight is 260 g/mol. The van der Waals surface area contributed by atoms with Gasteiger partial charge in [-0.25, -0.2) is 4.98 Å². The number of carbonyl (C=O) groups is 1. The largest absolute Gasteiger partial charge is 0.496 e. The van der Waals surface area contributed by atoms with Gasteiger partial charge in [0.05, 0.1) is 13.2 Å². The Bertz CT molecular complexity index is 578. The van der Waals surface area contributed by atoms with Crippen molar-refractivity contribution in [3.05, 3.63) is 47.7 Å². The van der Waals surface area contributed by atoms with E-state index < -0.39 is 0 Å². The number of hydrogen-bond acceptors (Lipinski definition) is 4. The van der Waals surface area contributed by atoms with Crippen LogP contribution in [0.15, 0.2) is 34.9 Å². The van der Waals surface area contributed by atoms with Crippen LogP contribution in [0.4, 0.5) is 0 Å². The maximum atomic E-state index is 12.0. The molecule has 0 spiro atoms. The monoisotopic (exact) mass is 260 g/mol. The molecule has 1 heterocycles. The molecule has 0 aliphatic carbocycles. The van der Waals surface area contributed by atoms with E-state index in [1.807, 2.05) is 31.2 Å². The molecule has 0 aliphatic rings. The zero-order chi connectivity index (χ0) is 13.8. The highest BCUT2D eigenvalue weighted by Crippen LogP contribution is 2.24. The van der Waals surface area contributed by atoms with E-state index in [0.29, 0.717) is 5.89 Å². The molecular formula is C14H16N2O3. The molecule has 0 saturated heterocycles. The Balaban J connectivity index is 2.12. The molecular weight excluding hydrogens is 244 g/mol. The molecule has 5 nitrogen and oxygen atoms in total. The third kappa shape index (κ3) is 2.93. The van der Waals surface area contributed by atoms with Gasteiger partial charge < -0.3 is 14.5 Å². The predicted octanol–water partition coefficient (Wildman–Crippen LogP) is 2.48. The lowest BCUT2D eigenvalue weighted by atomic mass is 10.1. The number of hydrogen-bond donors (Lipinski definition) is 1. The molecule has 2 aromatic rings. The molecule has 1 amide bonds. The Morgan fingerprint density at radius 3 is 2.79 bits per heavy atom. The van der Waals surface area contributed by atoms with Crippen LogP contribution in [-0.4, -0.2) is 18.0 Å². The fourth-order valence-electron chi connectivity index (χ4n) is 1.84. The average Bonchev–Trinajstić information content (AvgIpc) is 2.85. The first-order valence-electron chi connectivity index (χ1n) is 5.97. The number of oxazole rings is 1. The number of aromatic nitrogens is 1. The van der Waals surface area contributed by atoms with Crippen molar-refractivity contribution < 1.29 is 13.9 Å². The summed E-state index contributed by atoms with van der Waals surface area (Å²) in [6.07, 6.45) is 1.35. The molecule has 1 aromatic carbocycles. The number of para-hydroxylation sites is 1. The Morgan fingerprint density at radius 1 is 1.42 bits per heavy atom. The van der Waals surface area contributed by atoms with Crippen molar-refractivity contribution in [1.82, 2.24) is 10.3 Å². The van der Waals surface area contributed by atoms with Crippen LogP contribution in [0, 0.1) is 6.92 Å². The minimum atomic E-state index is -0.268. The Labute approximate surface area is 111 Å². The van der Waals surface area contributed by atoms with Gasteiger partial charge in [0.2, 0.25) is 0 Å². The van der Waals surface area contributed by atoms with Crippen LogP contribution in [-0.2, 0) is 0 Å². The Kier molecular flexibility index (Phi) is 3.85. The summed E-state index contributed by atoms with van der Waals surface area (Å²) < 4.78 is 10.3. The van der Waals surface area contributed by atoms with E-state index in [0.717, 1.165) is 11.3 Å². The molecule has 0 unspecified atom stereocenters. The normalized spacial score (nSPS) is 11.9. The summed E-state index contributed by atoms with van der Waals surface area (Å²) in [6.45, 7) is 3.59. The molecule has 100 valence electrons. The topological polar surface area (TPSA) is 64.4 Å². The van der Waals surface area contributed by atoms with E-state index in [1.54, 1.807) is 14.0 Å². The van der Waals surface area contributed by atoms with Crippen LogP contribution in [0.5, 0.6) is 5.75 Å². The summed E-state index contributed by atoms with van der Waals surface area (Å²) >= 11 is 0. The third-order valence-corrected chi connectivity index (χ3v) is 2.80. The minimum absolute atomic E-state index is 0.180. The van der Waals surface area contributed by atoms with E-state index in [1.165, 1.54) is 6.26 Å². The van der Waals surface area contributed by atoms with E-state index in [4.69, 9.17) is 9.15 Å². The van der Waals surface area contributed by atoms with Crippen LogP contribution in [0.3, 0.4) is 0 Å². The summed E-state index contributed by atoms with van der Waals surface area (Å²) in [5.74, 6) is 0.942. The number of carbonyl (C=O) groups excluding carboxylic acids is 1. The molecule has 5 heteroatoms. The molecule has 0 aliphatic heterocycles. The zero-order valence-corrected chi connectivity index (χ0v) is 11.1. The number of aryl methyl sites for hydroxylation is 1. The lowest BCUT2D eigenvalue weighted by Gasteiger charge is -2.16. The second-order valence-electron chi connectivity index (χ2n) is 4.19. The number of amides is 1. The van der Waals surface area contributed by atoms with Gasteiger partial charge in [-0.05, 0) is 13.0 Å². The second kappa shape index (κ2) is 5.56. The van der Waals surface area contributed by atoms with Crippen LogP contribution in [0.25, 0.3) is 0 Å². The molecule has 1 atom stereocenters. The van der Waals surface area contributed by atoms with Gasteiger partial charge in [-0.15, -0.1) is 0 Å². The molecule has 19 heavy (non-hydrogen) atoms. The number of ether oxygens (including phenoxy) is 1. The van der Waals surface area contributed by atoms with Crippen LogP contribution < -0.4 is 10.1 Å². The van der Waals surface area contributed by atoms with Gasteiger partial charge in [-0.2, -0.15) is 0 Å². The smallest absolute Gasteiger partial charge is 0.273 e. The highest BCUT2D eigenvalue weighted by atomic mass is 16.5. The van der Waals surface area contributed by atoms with Gasteiger partial charge in [0.1, 0.15) is 12.0 Å². The summed E-state index contributed by atoms with van der Waals surface area (Å²) in [4.78, 5) is 16.0. The lowest BCUT2D eigenvalue weighted by Crippen LogP contribution is -2.27.